The first-order valence-corrected chi connectivity index (χ1v) is 10.0. The van der Waals surface area contributed by atoms with Crippen molar-refractivity contribution in [1.29, 1.82) is 0 Å². The largest absolute Gasteiger partial charge is 0.356 e. The van der Waals surface area contributed by atoms with Gasteiger partial charge in [0.15, 0.2) is 5.96 Å². The topological polar surface area (TPSA) is 68.8 Å². The Bertz CT molecular complexity index is 437. The molecule has 1 saturated heterocycles. The Kier molecular flexibility index (Phi) is 8.00. The molecule has 1 aliphatic carbocycles. The first kappa shape index (κ1) is 20.0. The molecule has 25 heavy (non-hydrogen) atoms. The van der Waals surface area contributed by atoms with Crippen LogP contribution in [-0.2, 0) is 4.79 Å². The molecule has 1 heterocycles. The van der Waals surface area contributed by atoms with Crippen LogP contribution in [0, 0.1) is 0 Å². The molecular weight excluding hydrogens is 314 g/mol. The molecule has 144 valence electrons. The summed E-state index contributed by atoms with van der Waals surface area (Å²) in [6, 6.07) is 0.398. The van der Waals surface area contributed by atoms with Crippen molar-refractivity contribution in [2.24, 2.45) is 4.99 Å². The van der Waals surface area contributed by atoms with Crippen LogP contribution in [0.5, 0.6) is 0 Å². The Morgan fingerprint density at radius 1 is 1.08 bits per heavy atom. The van der Waals surface area contributed by atoms with Crippen LogP contribution in [0.15, 0.2) is 4.99 Å². The molecule has 0 aromatic carbocycles. The summed E-state index contributed by atoms with van der Waals surface area (Å²) in [5.41, 5.74) is 0.109. The predicted octanol–water partition coefficient (Wildman–Crippen LogP) is 1.86. The van der Waals surface area contributed by atoms with E-state index in [1.165, 1.54) is 45.2 Å². The fourth-order valence-electron chi connectivity index (χ4n) is 3.80. The van der Waals surface area contributed by atoms with Crippen LogP contribution in [0.1, 0.15) is 65.2 Å². The quantitative estimate of drug-likeness (QED) is 0.484. The molecule has 0 aromatic heterocycles. The van der Waals surface area contributed by atoms with Crippen LogP contribution in [0.2, 0.25) is 0 Å². The number of guanidine groups is 1. The second-order valence-electron chi connectivity index (χ2n) is 8.01. The standard InChI is InChI=1S/C19H37N5O/c1-19(2,24-13-7-4-8-14-24)15-22-18(20-3)21-12-11-17(25)23-16-9-5-6-10-16/h16H,4-15H2,1-3H3,(H,23,25)(H2,20,21,22). The van der Waals surface area contributed by atoms with Gasteiger partial charge in [0.1, 0.15) is 0 Å². The molecule has 0 unspecified atom stereocenters. The number of aliphatic imine (C=N–C) groups is 1. The van der Waals surface area contributed by atoms with Crippen LogP contribution in [0.25, 0.3) is 0 Å². The fraction of sp³-hybridized carbons (Fsp3) is 0.895. The second-order valence-corrected chi connectivity index (χ2v) is 8.01. The lowest BCUT2D eigenvalue weighted by atomic mass is 9.98. The summed E-state index contributed by atoms with van der Waals surface area (Å²) in [6.07, 6.45) is 9.19. The van der Waals surface area contributed by atoms with Crippen molar-refractivity contribution < 1.29 is 4.79 Å². The molecule has 2 rings (SSSR count). The molecule has 2 aliphatic rings. The molecule has 6 heteroatoms. The van der Waals surface area contributed by atoms with Gasteiger partial charge in [-0.05, 0) is 52.6 Å². The Balaban J connectivity index is 1.65. The molecule has 1 saturated carbocycles. The number of piperidine rings is 1. The highest BCUT2D eigenvalue weighted by Gasteiger charge is 2.27. The van der Waals surface area contributed by atoms with E-state index in [9.17, 15) is 4.79 Å². The first-order chi connectivity index (χ1) is 12.0. The number of hydrogen-bond donors (Lipinski definition) is 3. The number of nitrogens with zero attached hydrogens (tertiary/aromatic N) is 2. The molecule has 0 spiro atoms. The number of likely N-dealkylation sites (tertiary alicyclic amines) is 1. The van der Waals surface area contributed by atoms with Crippen LogP contribution in [-0.4, -0.2) is 61.6 Å². The van der Waals surface area contributed by atoms with Gasteiger partial charge in [-0.2, -0.15) is 0 Å². The predicted molar refractivity (Wildman–Crippen MR) is 104 cm³/mol. The van der Waals surface area contributed by atoms with Gasteiger partial charge in [-0.1, -0.05) is 19.3 Å². The highest BCUT2D eigenvalue weighted by atomic mass is 16.1. The maximum atomic E-state index is 12.0. The average molecular weight is 352 g/mol. The maximum absolute atomic E-state index is 12.0. The molecule has 2 fully saturated rings. The summed E-state index contributed by atoms with van der Waals surface area (Å²) in [4.78, 5) is 18.8. The fourth-order valence-corrected chi connectivity index (χ4v) is 3.80. The number of carbonyl (C=O) groups is 1. The zero-order valence-electron chi connectivity index (χ0n) is 16.4. The monoisotopic (exact) mass is 351 g/mol. The van der Waals surface area contributed by atoms with Crippen LogP contribution in [0.4, 0.5) is 0 Å². The van der Waals surface area contributed by atoms with Gasteiger partial charge in [-0.3, -0.25) is 14.7 Å². The van der Waals surface area contributed by atoms with Gasteiger partial charge in [0, 0.05) is 38.1 Å². The number of carbonyl (C=O) groups excluding carboxylic acids is 1. The smallest absolute Gasteiger partial charge is 0.221 e. The minimum atomic E-state index is 0.109. The number of rotatable bonds is 7. The van der Waals surface area contributed by atoms with Gasteiger partial charge in [-0.15, -0.1) is 0 Å². The van der Waals surface area contributed by atoms with Gasteiger partial charge in [0.2, 0.25) is 5.91 Å². The minimum absolute atomic E-state index is 0.109. The summed E-state index contributed by atoms with van der Waals surface area (Å²) in [6.45, 7) is 8.40. The lowest BCUT2D eigenvalue weighted by Gasteiger charge is -2.41. The van der Waals surface area contributed by atoms with E-state index in [4.69, 9.17) is 0 Å². The van der Waals surface area contributed by atoms with Gasteiger partial charge in [0.05, 0.1) is 0 Å². The Morgan fingerprint density at radius 2 is 1.76 bits per heavy atom. The van der Waals surface area contributed by atoms with Crippen molar-refractivity contribution in [3.63, 3.8) is 0 Å². The number of nitrogens with one attached hydrogen (secondary N) is 3. The maximum Gasteiger partial charge on any atom is 0.221 e. The molecule has 1 amide bonds. The van der Waals surface area contributed by atoms with E-state index in [2.05, 4.69) is 39.7 Å². The highest BCUT2D eigenvalue weighted by Crippen LogP contribution is 2.19. The molecule has 0 aromatic rings. The van der Waals surface area contributed by atoms with E-state index in [0.717, 1.165) is 25.3 Å². The van der Waals surface area contributed by atoms with Gasteiger partial charge in [0.25, 0.3) is 0 Å². The molecule has 6 nitrogen and oxygen atoms in total. The van der Waals surface area contributed by atoms with E-state index in [1.54, 1.807) is 7.05 Å². The minimum Gasteiger partial charge on any atom is -0.356 e. The van der Waals surface area contributed by atoms with Crippen molar-refractivity contribution in [3.05, 3.63) is 0 Å². The van der Waals surface area contributed by atoms with Crippen molar-refractivity contribution in [2.45, 2.75) is 76.8 Å². The van der Waals surface area contributed by atoms with Gasteiger partial charge < -0.3 is 16.0 Å². The van der Waals surface area contributed by atoms with Crippen LogP contribution < -0.4 is 16.0 Å². The molecule has 1 aliphatic heterocycles. The molecule has 0 bridgehead atoms. The van der Waals surface area contributed by atoms with Crippen molar-refractivity contribution in [1.82, 2.24) is 20.9 Å². The lowest BCUT2D eigenvalue weighted by Crippen LogP contribution is -2.55. The Hall–Kier alpha value is -1.30. The lowest BCUT2D eigenvalue weighted by molar-refractivity contribution is -0.121. The van der Waals surface area contributed by atoms with E-state index < -0.39 is 0 Å². The van der Waals surface area contributed by atoms with Crippen LogP contribution in [0.3, 0.4) is 0 Å². The number of hydrogen-bond acceptors (Lipinski definition) is 3. The van der Waals surface area contributed by atoms with Gasteiger partial charge >= 0.3 is 0 Å². The molecule has 3 N–H and O–H groups in total. The Morgan fingerprint density at radius 3 is 2.40 bits per heavy atom. The summed E-state index contributed by atoms with van der Waals surface area (Å²) >= 11 is 0. The Labute approximate surface area is 153 Å². The third-order valence-corrected chi connectivity index (χ3v) is 5.49. The average Bonchev–Trinajstić information content (AvgIpc) is 3.11. The summed E-state index contributed by atoms with van der Waals surface area (Å²) in [5, 5.41) is 9.80. The third kappa shape index (κ3) is 6.84. The van der Waals surface area contributed by atoms with E-state index in [1.807, 2.05) is 0 Å². The van der Waals surface area contributed by atoms with E-state index in [-0.39, 0.29) is 11.4 Å². The molecule has 0 radical (unpaired) electrons. The summed E-state index contributed by atoms with van der Waals surface area (Å²) in [7, 11) is 1.78. The van der Waals surface area contributed by atoms with Crippen molar-refractivity contribution >= 4 is 11.9 Å². The summed E-state index contributed by atoms with van der Waals surface area (Å²) in [5.74, 6) is 0.919. The van der Waals surface area contributed by atoms with Crippen molar-refractivity contribution in [2.75, 3.05) is 33.2 Å². The zero-order valence-corrected chi connectivity index (χ0v) is 16.4. The van der Waals surface area contributed by atoms with E-state index >= 15 is 0 Å². The van der Waals surface area contributed by atoms with Gasteiger partial charge in [-0.25, -0.2) is 0 Å². The third-order valence-electron chi connectivity index (χ3n) is 5.49. The molecule has 0 atom stereocenters. The highest BCUT2D eigenvalue weighted by molar-refractivity contribution is 5.81. The second kappa shape index (κ2) is 10.00. The number of amides is 1. The summed E-state index contributed by atoms with van der Waals surface area (Å²) < 4.78 is 0. The van der Waals surface area contributed by atoms with Crippen molar-refractivity contribution in [3.8, 4) is 0 Å². The van der Waals surface area contributed by atoms with Crippen LogP contribution >= 0.6 is 0 Å². The zero-order chi connectivity index (χ0) is 18.1. The normalized spacial score (nSPS) is 20.5. The van der Waals surface area contributed by atoms with E-state index in [0.29, 0.717) is 19.0 Å². The SMILES string of the molecule is CN=C(NCCC(=O)NC1CCCC1)NCC(C)(C)N1CCCCC1. The first-order valence-electron chi connectivity index (χ1n) is 10.0. The molecular formula is C19H37N5O.